The third kappa shape index (κ3) is 5.06. The molecule has 0 bridgehead atoms. The first-order valence-electron chi connectivity index (χ1n) is 10.4. The first kappa shape index (κ1) is 22.6. The molecule has 1 atom stereocenters. The molecular formula is C25H25NO4S2. The summed E-state index contributed by atoms with van der Waals surface area (Å²) in [5.74, 6) is 0.521. The summed E-state index contributed by atoms with van der Waals surface area (Å²) in [4.78, 5) is 13.1. The van der Waals surface area contributed by atoms with Crippen LogP contribution in [0, 0.1) is 6.92 Å². The Bertz CT molecular complexity index is 1160. The van der Waals surface area contributed by atoms with Gasteiger partial charge in [0.1, 0.15) is 12.6 Å². The van der Waals surface area contributed by atoms with Crippen LogP contribution < -0.4 is 0 Å². The number of hydrogen-bond acceptors (Lipinski definition) is 5. The van der Waals surface area contributed by atoms with E-state index in [-0.39, 0.29) is 18.0 Å². The highest BCUT2D eigenvalue weighted by atomic mass is 32.2. The molecule has 0 spiro atoms. The molecule has 4 rings (SSSR count). The second kappa shape index (κ2) is 9.90. The Morgan fingerprint density at radius 1 is 0.969 bits per heavy atom. The van der Waals surface area contributed by atoms with Crippen molar-refractivity contribution in [1.29, 1.82) is 0 Å². The molecule has 7 heteroatoms. The van der Waals surface area contributed by atoms with Crippen molar-refractivity contribution in [2.24, 2.45) is 0 Å². The zero-order chi connectivity index (χ0) is 22.6. The number of nitrogens with zero attached hydrogens (tertiary/aromatic N) is 1. The number of esters is 1. The highest BCUT2D eigenvalue weighted by Gasteiger charge is 2.39. The maximum atomic E-state index is 13.2. The summed E-state index contributed by atoms with van der Waals surface area (Å²) in [6, 6.07) is 23.7. The maximum absolute atomic E-state index is 13.2. The Hall–Kier alpha value is -2.61. The lowest BCUT2D eigenvalue weighted by Gasteiger charge is -2.32. The second-order valence-corrected chi connectivity index (χ2v) is 10.7. The molecule has 3 aromatic carbocycles. The van der Waals surface area contributed by atoms with Gasteiger partial charge in [-0.3, -0.25) is 4.79 Å². The van der Waals surface area contributed by atoms with Gasteiger partial charge in [0, 0.05) is 18.1 Å². The average molecular weight is 468 g/mol. The van der Waals surface area contributed by atoms with Crippen LogP contribution >= 0.6 is 11.8 Å². The standard InChI is InChI=1S/C25H25NO4S2/c1-19-7-13-23(14-8-19)32(28,29)26-15-16-31-18-24(26)25(27)30-17-20-9-11-22(12-10-20)21-5-3-2-4-6-21/h2-14,24H,15-18H2,1H3/t24-/m0/s1. The molecule has 0 aromatic heterocycles. The van der Waals surface area contributed by atoms with Gasteiger partial charge in [-0.25, -0.2) is 8.42 Å². The van der Waals surface area contributed by atoms with E-state index in [1.165, 1.54) is 4.31 Å². The minimum absolute atomic E-state index is 0.105. The van der Waals surface area contributed by atoms with Gasteiger partial charge < -0.3 is 4.74 Å². The molecule has 3 aromatic rings. The summed E-state index contributed by atoms with van der Waals surface area (Å²) in [5.41, 5.74) is 4.04. The van der Waals surface area contributed by atoms with E-state index < -0.39 is 22.0 Å². The number of ether oxygens (including phenoxy) is 1. The number of aryl methyl sites for hydroxylation is 1. The Kier molecular flexibility index (Phi) is 6.98. The van der Waals surface area contributed by atoms with Gasteiger partial charge in [-0.1, -0.05) is 72.3 Å². The molecule has 0 aliphatic carbocycles. The first-order chi connectivity index (χ1) is 15.4. The van der Waals surface area contributed by atoms with Gasteiger partial charge in [0.15, 0.2) is 0 Å². The van der Waals surface area contributed by atoms with Gasteiger partial charge in [0.05, 0.1) is 4.90 Å². The summed E-state index contributed by atoms with van der Waals surface area (Å²) in [7, 11) is -3.77. The molecule has 166 valence electrons. The lowest BCUT2D eigenvalue weighted by molar-refractivity contribution is -0.148. The fraction of sp³-hybridized carbons (Fsp3) is 0.240. The molecule has 0 unspecified atom stereocenters. The molecule has 0 amide bonds. The summed E-state index contributed by atoms with van der Waals surface area (Å²) in [5, 5.41) is 0. The van der Waals surface area contributed by atoms with E-state index >= 15 is 0 Å². The van der Waals surface area contributed by atoms with Gasteiger partial charge in [-0.15, -0.1) is 0 Å². The predicted molar refractivity (Wildman–Crippen MR) is 128 cm³/mol. The first-order valence-corrected chi connectivity index (χ1v) is 13.0. The number of thioether (sulfide) groups is 1. The monoisotopic (exact) mass is 467 g/mol. The summed E-state index contributed by atoms with van der Waals surface area (Å²) < 4.78 is 33.2. The smallest absolute Gasteiger partial charge is 0.325 e. The van der Waals surface area contributed by atoms with E-state index in [0.717, 1.165) is 22.3 Å². The maximum Gasteiger partial charge on any atom is 0.325 e. The van der Waals surface area contributed by atoms with E-state index in [2.05, 4.69) is 0 Å². The normalized spacial score (nSPS) is 17.1. The minimum atomic E-state index is -3.77. The van der Waals surface area contributed by atoms with E-state index in [1.54, 1.807) is 36.0 Å². The third-order valence-corrected chi connectivity index (χ3v) is 8.37. The zero-order valence-electron chi connectivity index (χ0n) is 17.8. The van der Waals surface area contributed by atoms with E-state index in [0.29, 0.717) is 11.5 Å². The van der Waals surface area contributed by atoms with Crippen LogP contribution in [-0.4, -0.2) is 42.8 Å². The number of rotatable bonds is 6. The molecule has 0 radical (unpaired) electrons. The number of carbonyl (C=O) groups excluding carboxylic acids is 1. The van der Waals surface area contributed by atoms with Crippen LogP contribution in [0.25, 0.3) is 11.1 Å². The van der Waals surface area contributed by atoms with Crippen molar-refractivity contribution in [3.63, 3.8) is 0 Å². The van der Waals surface area contributed by atoms with Crippen LogP contribution in [0.4, 0.5) is 0 Å². The number of hydrogen-bond donors (Lipinski definition) is 0. The molecular weight excluding hydrogens is 442 g/mol. The quantitative estimate of drug-likeness (QED) is 0.499. The molecule has 1 heterocycles. The molecule has 1 fully saturated rings. The number of carbonyl (C=O) groups is 1. The Morgan fingerprint density at radius 3 is 2.31 bits per heavy atom. The van der Waals surface area contributed by atoms with Crippen molar-refractivity contribution in [1.82, 2.24) is 4.31 Å². The van der Waals surface area contributed by atoms with E-state index in [9.17, 15) is 13.2 Å². The SMILES string of the molecule is Cc1ccc(S(=O)(=O)N2CCSC[C@H]2C(=O)OCc2ccc(-c3ccccc3)cc2)cc1. The van der Waals surface area contributed by atoms with Crippen molar-refractivity contribution in [3.05, 3.63) is 90.0 Å². The molecule has 1 saturated heterocycles. The molecule has 5 nitrogen and oxygen atoms in total. The van der Waals surface area contributed by atoms with E-state index in [1.807, 2.05) is 61.5 Å². The topological polar surface area (TPSA) is 63.7 Å². The lowest BCUT2D eigenvalue weighted by atomic mass is 10.0. The Labute approximate surface area is 193 Å². The molecule has 1 aliphatic heterocycles. The number of sulfonamides is 1. The fourth-order valence-electron chi connectivity index (χ4n) is 3.58. The van der Waals surface area contributed by atoms with Gasteiger partial charge in [-0.05, 0) is 35.7 Å². The van der Waals surface area contributed by atoms with Crippen LogP contribution in [0.1, 0.15) is 11.1 Å². The highest BCUT2D eigenvalue weighted by molar-refractivity contribution is 7.99. The molecule has 1 aliphatic rings. The van der Waals surface area contributed by atoms with Crippen molar-refractivity contribution in [3.8, 4) is 11.1 Å². The highest BCUT2D eigenvalue weighted by Crippen LogP contribution is 2.26. The van der Waals surface area contributed by atoms with Gasteiger partial charge >= 0.3 is 5.97 Å². The summed E-state index contributed by atoms with van der Waals surface area (Å²) in [6.07, 6.45) is 0. The van der Waals surface area contributed by atoms with Crippen LogP contribution in [0.3, 0.4) is 0 Å². The lowest BCUT2D eigenvalue weighted by Crippen LogP contribution is -2.50. The molecule has 0 saturated carbocycles. The van der Waals surface area contributed by atoms with Crippen LogP contribution in [0.5, 0.6) is 0 Å². The minimum Gasteiger partial charge on any atom is -0.460 e. The van der Waals surface area contributed by atoms with Crippen molar-refractivity contribution in [2.45, 2.75) is 24.5 Å². The zero-order valence-corrected chi connectivity index (χ0v) is 19.4. The van der Waals surface area contributed by atoms with Crippen LogP contribution in [0.2, 0.25) is 0 Å². The van der Waals surface area contributed by atoms with E-state index in [4.69, 9.17) is 4.74 Å². The van der Waals surface area contributed by atoms with Gasteiger partial charge in [-0.2, -0.15) is 16.1 Å². The summed E-state index contributed by atoms with van der Waals surface area (Å²) >= 11 is 1.56. The number of benzene rings is 3. The second-order valence-electron chi connectivity index (χ2n) is 7.69. The van der Waals surface area contributed by atoms with Crippen LogP contribution in [0.15, 0.2) is 83.8 Å². The van der Waals surface area contributed by atoms with Crippen molar-refractivity contribution in [2.75, 3.05) is 18.1 Å². The van der Waals surface area contributed by atoms with Gasteiger partial charge in [0.25, 0.3) is 0 Å². The van der Waals surface area contributed by atoms with Crippen molar-refractivity contribution >= 4 is 27.8 Å². The summed E-state index contributed by atoms with van der Waals surface area (Å²) in [6.45, 7) is 2.29. The van der Waals surface area contributed by atoms with Gasteiger partial charge in [0.2, 0.25) is 10.0 Å². The fourth-order valence-corrected chi connectivity index (χ4v) is 6.40. The Balaban J connectivity index is 1.44. The third-order valence-electron chi connectivity index (χ3n) is 5.42. The average Bonchev–Trinajstić information content (AvgIpc) is 2.84. The largest absolute Gasteiger partial charge is 0.460 e. The Morgan fingerprint density at radius 2 is 1.62 bits per heavy atom. The molecule has 0 N–H and O–H groups in total. The predicted octanol–water partition coefficient (Wildman–Crippen LogP) is 4.51. The molecule has 32 heavy (non-hydrogen) atoms. The van der Waals surface area contributed by atoms with Crippen LogP contribution in [-0.2, 0) is 26.2 Å². The van der Waals surface area contributed by atoms with Crippen molar-refractivity contribution < 1.29 is 17.9 Å².